The van der Waals surface area contributed by atoms with Crippen LogP contribution in [-0.4, -0.2) is 25.1 Å². The van der Waals surface area contributed by atoms with Gasteiger partial charge >= 0.3 is 0 Å². The Bertz CT molecular complexity index is 137. The van der Waals surface area contributed by atoms with Gasteiger partial charge in [0, 0.05) is 12.3 Å². The van der Waals surface area contributed by atoms with Crippen molar-refractivity contribution in [1.29, 1.82) is 0 Å². The van der Waals surface area contributed by atoms with Crippen molar-refractivity contribution in [3.8, 4) is 0 Å². The predicted molar refractivity (Wildman–Crippen MR) is 56.9 cm³/mol. The summed E-state index contributed by atoms with van der Waals surface area (Å²) < 4.78 is 3.20. The Balaban J connectivity index is 2.08. The van der Waals surface area contributed by atoms with Gasteiger partial charge in [0.05, 0.1) is 6.54 Å². The van der Waals surface area contributed by atoms with Crippen LogP contribution in [0.5, 0.6) is 0 Å². The lowest BCUT2D eigenvalue weighted by atomic mass is 9.99. The quantitative estimate of drug-likeness (QED) is 0.538. The molecule has 0 saturated heterocycles. The summed E-state index contributed by atoms with van der Waals surface area (Å²) in [4.78, 5) is 4.56. The molecule has 1 aliphatic rings. The van der Waals surface area contributed by atoms with E-state index in [1.54, 1.807) is 11.9 Å². The molecule has 0 heterocycles. The molecule has 0 radical (unpaired) electrons. The zero-order valence-corrected chi connectivity index (χ0v) is 8.62. The summed E-state index contributed by atoms with van der Waals surface area (Å²) in [6, 6.07) is 0. The number of nitrogens with one attached hydrogen (secondary N) is 1. The Morgan fingerprint density at radius 1 is 1.33 bits per heavy atom. The van der Waals surface area contributed by atoms with E-state index in [4.69, 9.17) is 0 Å². The lowest BCUT2D eigenvalue weighted by molar-refractivity contribution is 0.662. The van der Waals surface area contributed by atoms with Crippen LogP contribution in [0.2, 0.25) is 0 Å². The molecule has 1 fully saturated rings. The molecular weight excluding hydrogens is 168 g/mol. The van der Waals surface area contributed by atoms with Gasteiger partial charge in [-0.15, -0.1) is 0 Å². The maximum absolute atomic E-state index is 4.56. The third-order valence-corrected chi connectivity index (χ3v) is 2.62. The first-order valence-electron chi connectivity index (χ1n) is 4.71. The number of nitrogens with zero attached hydrogens (tertiary/aromatic N) is 1. The largest absolute Gasteiger partial charge is 0.293 e. The van der Waals surface area contributed by atoms with E-state index < -0.39 is 0 Å². The lowest BCUT2D eigenvalue weighted by Crippen LogP contribution is -2.11. The predicted octanol–water partition coefficient (Wildman–Crippen LogP) is 2.26. The van der Waals surface area contributed by atoms with Crippen LogP contribution in [0.25, 0.3) is 0 Å². The van der Waals surface area contributed by atoms with Crippen molar-refractivity contribution in [2.75, 3.05) is 19.3 Å². The molecule has 0 aromatic rings. The maximum atomic E-state index is 4.56. The van der Waals surface area contributed by atoms with Gasteiger partial charge in [-0.2, -0.15) is 0 Å². The highest BCUT2D eigenvalue weighted by Gasteiger charge is 2.05. The van der Waals surface area contributed by atoms with Crippen molar-refractivity contribution in [1.82, 2.24) is 4.72 Å². The highest BCUT2D eigenvalue weighted by atomic mass is 32.2. The normalized spacial score (nSPS) is 17.9. The molecule has 0 atom stereocenters. The monoisotopic (exact) mass is 186 g/mol. The van der Waals surface area contributed by atoms with Gasteiger partial charge in [0.15, 0.2) is 0 Å². The maximum Gasteiger partial charge on any atom is 0.0522 e. The molecule has 0 aromatic carbocycles. The summed E-state index contributed by atoms with van der Waals surface area (Å²) in [6.45, 7) is 1.96. The fourth-order valence-electron chi connectivity index (χ4n) is 1.48. The highest BCUT2D eigenvalue weighted by molar-refractivity contribution is 7.96. The molecule has 0 bridgehead atoms. The Kier molecular flexibility index (Phi) is 5.44. The first kappa shape index (κ1) is 10.1. The molecule has 0 aliphatic heterocycles. The Morgan fingerprint density at radius 2 is 2.08 bits per heavy atom. The summed E-state index contributed by atoms with van der Waals surface area (Å²) in [5.41, 5.74) is 1.45. The zero-order valence-electron chi connectivity index (χ0n) is 7.81. The molecule has 0 aromatic heterocycles. The Hall–Kier alpha value is -0.0200. The van der Waals surface area contributed by atoms with E-state index in [-0.39, 0.29) is 0 Å². The minimum atomic E-state index is 0.955. The second-order valence-electron chi connectivity index (χ2n) is 3.11. The van der Waals surface area contributed by atoms with Crippen LogP contribution in [0, 0.1) is 0 Å². The van der Waals surface area contributed by atoms with E-state index in [2.05, 4.69) is 9.71 Å². The molecule has 1 saturated carbocycles. The summed E-state index contributed by atoms with van der Waals surface area (Å²) in [6.07, 6.45) is 8.66. The van der Waals surface area contributed by atoms with Gasteiger partial charge in [-0.25, -0.2) is 0 Å². The third-order valence-electron chi connectivity index (χ3n) is 2.12. The second-order valence-corrected chi connectivity index (χ2v) is 3.80. The summed E-state index contributed by atoms with van der Waals surface area (Å²) >= 11 is 1.67. The zero-order chi connectivity index (χ0) is 8.65. The van der Waals surface area contributed by atoms with Crippen LogP contribution in [0.3, 0.4) is 0 Å². The minimum absolute atomic E-state index is 0.955. The molecule has 70 valence electrons. The van der Waals surface area contributed by atoms with Crippen molar-refractivity contribution in [2.24, 2.45) is 4.99 Å². The van der Waals surface area contributed by atoms with Crippen LogP contribution in [0.4, 0.5) is 0 Å². The molecule has 0 amide bonds. The molecule has 12 heavy (non-hydrogen) atoms. The summed E-state index contributed by atoms with van der Waals surface area (Å²) in [5, 5.41) is 0. The van der Waals surface area contributed by atoms with Crippen LogP contribution in [0.15, 0.2) is 4.99 Å². The molecule has 1 rings (SSSR count). The minimum Gasteiger partial charge on any atom is -0.293 e. The van der Waals surface area contributed by atoms with Gasteiger partial charge in [-0.1, -0.05) is 18.4 Å². The Labute approximate surface area is 79.4 Å². The van der Waals surface area contributed by atoms with Crippen LogP contribution < -0.4 is 4.72 Å². The standard InChI is InChI=1S/C9H18N2S/c1-12-11-8-7-10-9-5-3-2-4-6-9/h11H,2-8H2,1H3. The fourth-order valence-corrected chi connectivity index (χ4v) is 1.78. The van der Waals surface area contributed by atoms with E-state index in [9.17, 15) is 0 Å². The topological polar surface area (TPSA) is 24.4 Å². The molecule has 1 N–H and O–H groups in total. The molecule has 2 nitrogen and oxygen atoms in total. The van der Waals surface area contributed by atoms with Crippen LogP contribution >= 0.6 is 11.9 Å². The average Bonchev–Trinajstić information content (AvgIpc) is 2.14. The van der Waals surface area contributed by atoms with Crippen molar-refractivity contribution in [3.63, 3.8) is 0 Å². The van der Waals surface area contributed by atoms with Gasteiger partial charge in [0.25, 0.3) is 0 Å². The smallest absolute Gasteiger partial charge is 0.0522 e. The molecule has 0 spiro atoms. The number of hydrogen-bond donors (Lipinski definition) is 1. The highest BCUT2D eigenvalue weighted by Crippen LogP contribution is 2.14. The summed E-state index contributed by atoms with van der Waals surface area (Å²) in [5.74, 6) is 0. The molecule has 3 heteroatoms. The first-order valence-corrected chi connectivity index (χ1v) is 5.94. The fraction of sp³-hybridized carbons (Fsp3) is 0.889. The van der Waals surface area contributed by atoms with Gasteiger partial charge in [-0.05, 0) is 31.9 Å². The number of rotatable bonds is 4. The molecule has 1 aliphatic carbocycles. The van der Waals surface area contributed by atoms with E-state index in [1.807, 2.05) is 6.26 Å². The van der Waals surface area contributed by atoms with E-state index in [0.29, 0.717) is 0 Å². The third kappa shape index (κ3) is 4.12. The van der Waals surface area contributed by atoms with Crippen molar-refractivity contribution >= 4 is 17.7 Å². The van der Waals surface area contributed by atoms with Gasteiger partial charge in [-0.3, -0.25) is 9.71 Å². The molecule has 0 unspecified atom stereocenters. The van der Waals surface area contributed by atoms with Gasteiger partial charge in [0.2, 0.25) is 0 Å². The number of aliphatic imine (C=N–C) groups is 1. The van der Waals surface area contributed by atoms with E-state index in [1.165, 1.54) is 37.8 Å². The lowest BCUT2D eigenvalue weighted by Gasteiger charge is -2.11. The van der Waals surface area contributed by atoms with E-state index >= 15 is 0 Å². The van der Waals surface area contributed by atoms with Crippen LogP contribution in [-0.2, 0) is 0 Å². The summed E-state index contributed by atoms with van der Waals surface area (Å²) in [7, 11) is 0. The van der Waals surface area contributed by atoms with Gasteiger partial charge < -0.3 is 0 Å². The second kappa shape index (κ2) is 6.49. The van der Waals surface area contributed by atoms with E-state index in [0.717, 1.165) is 13.1 Å². The average molecular weight is 186 g/mol. The van der Waals surface area contributed by atoms with Crippen molar-refractivity contribution in [2.45, 2.75) is 32.1 Å². The Morgan fingerprint density at radius 3 is 2.75 bits per heavy atom. The first-order chi connectivity index (χ1) is 5.93. The van der Waals surface area contributed by atoms with Crippen LogP contribution in [0.1, 0.15) is 32.1 Å². The SMILES string of the molecule is CSNCCN=C1CCCCC1. The number of hydrogen-bond acceptors (Lipinski definition) is 3. The van der Waals surface area contributed by atoms with Crippen molar-refractivity contribution < 1.29 is 0 Å². The van der Waals surface area contributed by atoms with Crippen molar-refractivity contribution in [3.05, 3.63) is 0 Å². The molecular formula is C9H18N2S. The van der Waals surface area contributed by atoms with Gasteiger partial charge in [0.1, 0.15) is 0 Å².